The van der Waals surface area contributed by atoms with Crippen molar-refractivity contribution in [2.24, 2.45) is 0 Å². The van der Waals surface area contributed by atoms with Crippen LogP contribution in [0, 0.1) is 12.7 Å². The van der Waals surface area contributed by atoms with Gasteiger partial charge in [0.2, 0.25) is 0 Å². The largest absolute Gasteiger partial charge is 0.365 e. The van der Waals surface area contributed by atoms with E-state index in [1.807, 2.05) is 6.07 Å². The van der Waals surface area contributed by atoms with Crippen LogP contribution in [0.25, 0.3) is 10.9 Å². The van der Waals surface area contributed by atoms with Gasteiger partial charge in [0.1, 0.15) is 17.5 Å². The Morgan fingerprint density at radius 3 is 2.61 bits per heavy atom. The first kappa shape index (κ1) is 22.0. The Bertz CT molecular complexity index is 1070. The van der Waals surface area contributed by atoms with Gasteiger partial charge in [-0.2, -0.15) is 0 Å². The average molecular weight is 446 g/mol. The maximum atomic E-state index is 14.4. The lowest BCUT2D eigenvalue weighted by Gasteiger charge is -2.31. The van der Waals surface area contributed by atoms with Crippen molar-refractivity contribution in [3.63, 3.8) is 0 Å². The zero-order chi connectivity index (χ0) is 22.0. The summed E-state index contributed by atoms with van der Waals surface area (Å²) in [4.78, 5) is 11.5. The van der Waals surface area contributed by atoms with Crippen molar-refractivity contribution in [2.75, 3.05) is 37.3 Å². The Kier molecular flexibility index (Phi) is 6.73. The number of nitrogens with zero attached hydrogens (tertiary/aromatic N) is 3. The molecule has 1 aliphatic heterocycles. The summed E-state index contributed by atoms with van der Waals surface area (Å²) in [5, 5.41) is 5.36. The fraction of sp³-hybridized carbons (Fsp3) is 0.391. The van der Waals surface area contributed by atoms with Crippen molar-refractivity contribution < 1.29 is 13.2 Å². The fourth-order valence-electron chi connectivity index (χ4n) is 3.97. The number of nitrogens with one attached hydrogen (secondary N) is 1. The summed E-state index contributed by atoms with van der Waals surface area (Å²) in [7, 11) is -0.231. The highest BCUT2D eigenvalue weighted by Crippen LogP contribution is 2.38. The van der Waals surface area contributed by atoms with E-state index in [1.165, 1.54) is 29.8 Å². The standard InChI is InChI=1S/C23H26F3N4P/c1-3-30-9-11-31(12-10-30)17-7-8-20-19(13-17)23(29-15(2)28-20)27-14-16-5-4-6-18(21(16)24)22(25)26/h4-8,13,22H,3,9-12,14H2,1-2H3,(H,27,28,29). The van der Waals surface area contributed by atoms with E-state index in [-0.39, 0.29) is 20.0 Å². The van der Waals surface area contributed by atoms with Crippen LogP contribution in [0.5, 0.6) is 0 Å². The van der Waals surface area contributed by atoms with Gasteiger partial charge >= 0.3 is 0 Å². The summed E-state index contributed by atoms with van der Waals surface area (Å²) in [6.45, 7) is 7.40. The molecule has 1 fully saturated rings. The van der Waals surface area contributed by atoms with Crippen LogP contribution < -0.4 is 10.6 Å². The van der Waals surface area contributed by atoms with Gasteiger partial charge in [-0.3, -0.25) is 0 Å². The van der Waals surface area contributed by atoms with Gasteiger partial charge in [0, 0.05) is 30.6 Å². The normalized spacial score (nSPS) is 15.7. The van der Waals surface area contributed by atoms with Gasteiger partial charge in [-0.1, -0.05) is 39.1 Å². The zero-order valence-corrected chi connectivity index (χ0v) is 18.6. The Morgan fingerprint density at radius 2 is 1.90 bits per heavy atom. The van der Waals surface area contributed by atoms with E-state index in [0.29, 0.717) is 11.6 Å². The van der Waals surface area contributed by atoms with Crippen molar-refractivity contribution in [1.82, 2.24) is 14.9 Å². The third-order valence-electron chi connectivity index (χ3n) is 5.77. The number of benzene rings is 2. The number of alkyl halides is 2. The van der Waals surface area contributed by atoms with Crippen LogP contribution in [-0.2, 0) is 6.54 Å². The van der Waals surface area contributed by atoms with E-state index >= 15 is 0 Å². The topological polar surface area (TPSA) is 41.1 Å². The smallest absolute Gasteiger partial charge is 0.266 e. The van der Waals surface area contributed by atoms with Gasteiger partial charge in [-0.25, -0.2) is 23.1 Å². The predicted molar refractivity (Wildman–Crippen MR) is 121 cm³/mol. The highest BCUT2D eigenvalue weighted by Gasteiger charge is 2.20. The van der Waals surface area contributed by atoms with Crippen molar-refractivity contribution in [3.05, 3.63) is 59.2 Å². The summed E-state index contributed by atoms with van der Waals surface area (Å²) in [5.74, 6) is 0.340. The van der Waals surface area contributed by atoms with Crippen molar-refractivity contribution in [2.45, 2.75) is 26.8 Å². The molecule has 31 heavy (non-hydrogen) atoms. The lowest BCUT2D eigenvalue weighted by Crippen LogP contribution is -2.35. The van der Waals surface area contributed by atoms with Gasteiger partial charge in [-0.05, 0) is 43.2 Å². The molecule has 0 saturated carbocycles. The summed E-state index contributed by atoms with van der Waals surface area (Å²) in [6, 6.07) is 10.4. The van der Waals surface area contributed by atoms with Crippen LogP contribution in [0.3, 0.4) is 0 Å². The molecule has 0 atom stereocenters. The van der Waals surface area contributed by atoms with Crippen LogP contribution >= 0.6 is 7.92 Å². The zero-order valence-electron chi connectivity index (χ0n) is 17.7. The molecule has 0 unspecified atom stereocenters. The Labute approximate surface area is 181 Å². The third-order valence-corrected chi connectivity index (χ3v) is 8.25. The number of fused-ring (bicyclic) bond motifs is 1. The monoisotopic (exact) mass is 446 g/mol. The fourth-order valence-corrected chi connectivity index (χ4v) is 6.36. The minimum atomic E-state index is -2.84. The van der Waals surface area contributed by atoms with E-state index in [1.54, 1.807) is 6.92 Å². The molecule has 3 aromatic rings. The van der Waals surface area contributed by atoms with Gasteiger partial charge in [0.25, 0.3) is 6.43 Å². The van der Waals surface area contributed by atoms with E-state index in [4.69, 9.17) is 0 Å². The molecule has 0 aliphatic carbocycles. The molecule has 1 saturated heterocycles. The van der Waals surface area contributed by atoms with Crippen LogP contribution in [-0.4, -0.2) is 46.8 Å². The summed E-state index contributed by atoms with van der Waals surface area (Å²) in [5.41, 5.74) is 0.434. The third kappa shape index (κ3) is 4.83. The lowest BCUT2D eigenvalue weighted by molar-refractivity contribution is 0.146. The van der Waals surface area contributed by atoms with Crippen molar-refractivity contribution in [1.29, 1.82) is 0 Å². The molecule has 4 rings (SSSR count). The molecule has 0 spiro atoms. The number of rotatable bonds is 6. The van der Waals surface area contributed by atoms with Gasteiger partial charge in [-0.15, -0.1) is 0 Å². The summed E-state index contributed by atoms with van der Waals surface area (Å²) in [6.07, 6.45) is -0.489. The number of aromatic nitrogens is 2. The maximum Gasteiger partial charge on any atom is 0.266 e. The molecule has 1 aliphatic rings. The minimum Gasteiger partial charge on any atom is -0.365 e. The second-order valence-electron chi connectivity index (χ2n) is 7.72. The lowest BCUT2D eigenvalue weighted by atomic mass is 10.1. The Hall–Kier alpha value is -2.24. The van der Waals surface area contributed by atoms with E-state index in [9.17, 15) is 13.2 Å². The highest BCUT2D eigenvalue weighted by molar-refractivity contribution is 7.65. The minimum absolute atomic E-state index is 0.0718. The highest BCUT2D eigenvalue weighted by atomic mass is 31.1. The molecule has 8 heteroatoms. The number of hydrogen-bond acceptors (Lipinski definition) is 4. The average Bonchev–Trinajstić information content (AvgIpc) is 2.77. The maximum absolute atomic E-state index is 14.4. The quantitative estimate of drug-likeness (QED) is 0.537. The summed E-state index contributed by atoms with van der Waals surface area (Å²) >= 11 is 0. The van der Waals surface area contributed by atoms with Crippen LogP contribution in [0.4, 0.5) is 19.0 Å². The number of aryl methyl sites for hydroxylation is 1. The second-order valence-corrected chi connectivity index (χ2v) is 10.2. The molecular formula is C23H26F3N4P. The van der Waals surface area contributed by atoms with Gasteiger partial charge in [0.05, 0.1) is 11.1 Å². The molecule has 0 radical (unpaired) electrons. The van der Waals surface area contributed by atoms with E-state index < -0.39 is 17.8 Å². The second kappa shape index (κ2) is 9.49. The molecule has 2 heterocycles. The van der Waals surface area contributed by atoms with E-state index in [2.05, 4.69) is 39.2 Å². The number of hydrogen-bond donors (Lipinski definition) is 1. The predicted octanol–water partition coefficient (Wildman–Crippen LogP) is 5.07. The molecule has 1 aromatic heterocycles. The Morgan fingerprint density at radius 1 is 1.13 bits per heavy atom. The first-order chi connectivity index (χ1) is 15.0. The van der Waals surface area contributed by atoms with Crippen LogP contribution in [0.15, 0.2) is 36.4 Å². The van der Waals surface area contributed by atoms with Gasteiger partial charge in [0.15, 0.2) is 0 Å². The first-order valence-corrected chi connectivity index (χ1v) is 12.2. The first-order valence-electron chi connectivity index (χ1n) is 10.5. The number of halogens is 3. The molecule has 0 bridgehead atoms. The Balaban J connectivity index is 1.61. The van der Waals surface area contributed by atoms with Crippen LogP contribution in [0.2, 0.25) is 0 Å². The molecular weight excluding hydrogens is 420 g/mol. The summed E-state index contributed by atoms with van der Waals surface area (Å²) < 4.78 is 40.5. The molecule has 164 valence electrons. The van der Waals surface area contributed by atoms with Crippen LogP contribution in [0.1, 0.15) is 30.3 Å². The van der Waals surface area contributed by atoms with E-state index in [0.717, 1.165) is 36.6 Å². The SMILES string of the molecule is CCN1CCP(c2ccc3nc(C)nc(NCc4cccc(C(F)F)c4F)c3c2)CC1. The molecule has 1 N–H and O–H groups in total. The molecule has 0 amide bonds. The molecule has 2 aromatic carbocycles. The van der Waals surface area contributed by atoms with Gasteiger partial charge < -0.3 is 10.2 Å². The van der Waals surface area contributed by atoms with Crippen molar-refractivity contribution >= 4 is 29.9 Å². The molecule has 4 nitrogen and oxygen atoms in total. The van der Waals surface area contributed by atoms with Crippen molar-refractivity contribution in [3.8, 4) is 0 Å². The number of anilines is 1.